The molecule has 1 saturated heterocycles. The van der Waals surface area contributed by atoms with Crippen molar-refractivity contribution in [2.45, 2.75) is 65.1 Å². The van der Waals surface area contributed by atoms with Crippen LogP contribution >= 0.6 is 0 Å². The summed E-state index contributed by atoms with van der Waals surface area (Å²) in [5, 5.41) is 3.79. The van der Waals surface area contributed by atoms with Crippen molar-refractivity contribution in [2.75, 3.05) is 13.1 Å². The lowest BCUT2D eigenvalue weighted by atomic mass is 9.88. The lowest BCUT2D eigenvalue weighted by Crippen LogP contribution is -2.63. The van der Waals surface area contributed by atoms with Gasteiger partial charge in [0.25, 0.3) is 0 Å². The van der Waals surface area contributed by atoms with Gasteiger partial charge in [0.1, 0.15) is 5.82 Å². The zero-order valence-corrected chi connectivity index (χ0v) is 13.3. The third-order valence-electron chi connectivity index (χ3n) is 4.76. The number of piperazine rings is 1. The Morgan fingerprint density at radius 1 is 1.35 bits per heavy atom. The fourth-order valence-corrected chi connectivity index (χ4v) is 3.15. The normalized spacial score (nSPS) is 22.9. The molecule has 0 amide bonds. The Kier molecular flexibility index (Phi) is 5.11. The van der Waals surface area contributed by atoms with Crippen molar-refractivity contribution in [1.29, 1.82) is 0 Å². The molecule has 2 rings (SSSR count). The van der Waals surface area contributed by atoms with Gasteiger partial charge in [-0.2, -0.15) is 0 Å². The van der Waals surface area contributed by atoms with Gasteiger partial charge >= 0.3 is 0 Å². The van der Waals surface area contributed by atoms with Gasteiger partial charge in [0, 0.05) is 37.4 Å². The van der Waals surface area contributed by atoms with Gasteiger partial charge in [0.05, 0.1) is 5.69 Å². The summed E-state index contributed by atoms with van der Waals surface area (Å²) >= 11 is 0. The molecule has 4 nitrogen and oxygen atoms in total. The predicted octanol–water partition coefficient (Wildman–Crippen LogP) is 2.53. The summed E-state index contributed by atoms with van der Waals surface area (Å²) in [6.07, 6.45) is 5.41. The van der Waals surface area contributed by atoms with Crippen LogP contribution in [-0.2, 0) is 6.54 Å². The molecule has 0 spiro atoms. The molecule has 1 aliphatic rings. The van der Waals surface area contributed by atoms with E-state index >= 15 is 0 Å². The van der Waals surface area contributed by atoms with Crippen LogP contribution < -0.4 is 5.32 Å². The second-order valence-corrected chi connectivity index (χ2v) is 5.93. The number of aryl methyl sites for hydroxylation is 1. The Labute approximate surface area is 123 Å². The Morgan fingerprint density at radius 3 is 2.70 bits per heavy atom. The van der Waals surface area contributed by atoms with Crippen LogP contribution in [0, 0.1) is 6.92 Å². The number of nitrogens with zero attached hydrogens (tertiary/aromatic N) is 3. The summed E-state index contributed by atoms with van der Waals surface area (Å²) in [4.78, 5) is 11.4. The van der Waals surface area contributed by atoms with E-state index in [1.54, 1.807) is 0 Å². The van der Waals surface area contributed by atoms with E-state index < -0.39 is 0 Å². The maximum atomic E-state index is 4.56. The molecule has 1 aromatic heterocycles. The molecule has 0 radical (unpaired) electrons. The monoisotopic (exact) mass is 276 g/mol. The minimum atomic E-state index is 0.272. The summed E-state index contributed by atoms with van der Waals surface area (Å²) in [5.41, 5.74) is 1.41. The van der Waals surface area contributed by atoms with Crippen LogP contribution in [0.3, 0.4) is 0 Å². The highest BCUT2D eigenvalue weighted by molar-refractivity contribution is 5.04. The third-order valence-corrected chi connectivity index (χ3v) is 4.76. The minimum Gasteiger partial charge on any atom is -0.308 e. The van der Waals surface area contributed by atoms with Gasteiger partial charge in [-0.05, 0) is 32.3 Å². The fraction of sp³-hybridized carbons (Fsp3) is 0.750. The zero-order chi connectivity index (χ0) is 14.6. The molecular weight excluding hydrogens is 248 g/mol. The standard InChI is InChI=1S/C16H28N4/c1-5-15-10-18-16(6-2,7-3)12-20(15)11-14-8-9-17-13(4)19-14/h8-9,15,18H,5-7,10-12H2,1-4H3. The molecule has 1 aliphatic heterocycles. The van der Waals surface area contributed by atoms with Gasteiger partial charge in [-0.15, -0.1) is 0 Å². The molecule has 1 unspecified atom stereocenters. The maximum absolute atomic E-state index is 4.56. The first-order valence-corrected chi connectivity index (χ1v) is 7.90. The van der Waals surface area contributed by atoms with Crippen LogP contribution in [0.2, 0.25) is 0 Å². The van der Waals surface area contributed by atoms with Crippen LogP contribution in [0.25, 0.3) is 0 Å². The molecular formula is C16H28N4. The molecule has 0 aliphatic carbocycles. The maximum Gasteiger partial charge on any atom is 0.125 e. The van der Waals surface area contributed by atoms with Crippen molar-refractivity contribution in [3.05, 3.63) is 23.8 Å². The Bertz CT molecular complexity index is 428. The number of aromatic nitrogens is 2. The largest absolute Gasteiger partial charge is 0.308 e. The highest BCUT2D eigenvalue weighted by Crippen LogP contribution is 2.25. The Balaban J connectivity index is 2.13. The second-order valence-electron chi connectivity index (χ2n) is 5.93. The smallest absolute Gasteiger partial charge is 0.125 e. The molecule has 0 aromatic carbocycles. The van der Waals surface area contributed by atoms with Gasteiger partial charge in [-0.3, -0.25) is 4.90 Å². The van der Waals surface area contributed by atoms with Gasteiger partial charge in [-0.25, -0.2) is 9.97 Å². The lowest BCUT2D eigenvalue weighted by molar-refractivity contribution is 0.0633. The summed E-state index contributed by atoms with van der Waals surface area (Å²) < 4.78 is 0. The van der Waals surface area contributed by atoms with E-state index in [0.717, 1.165) is 31.2 Å². The molecule has 0 saturated carbocycles. The molecule has 4 heteroatoms. The lowest BCUT2D eigenvalue weighted by Gasteiger charge is -2.47. The van der Waals surface area contributed by atoms with Crippen molar-refractivity contribution in [3.8, 4) is 0 Å². The van der Waals surface area contributed by atoms with E-state index in [1.165, 1.54) is 19.3 Å². The van der Waals surface area contributed by atoms with Crippen LogP contribution in [-0.4, -0.2) is 39.5 Å². The molecule has 1 N–H and O–H groups in total. The fourth-order valence-electron chi connectivity index (χ4n) is 3.15. The molecule has 1 aromatic rings. The van der Waals surface area contributed by atoms with Crippen molar-refractivity contribution >= 4 is 0 Å². The summed E-state index contributed by atoms with van der Waals surface area (Å²) in [6.45, 7) is 11.9. The van der Waals surface area contributed by atoms with Gasteiger partial charge in [-0.1, -0.05) is 20.8 Å². The van der Waals surface area contributed by atoms with Crippen molar-refractivity contribution in [1.82, 2.24) is 20.2 Å². The minimum absolute atomic E-state index is 0.272. The summed E-state index contributed by atoms with van der Waals surface area (Å²) in [5.74, 6) is 0.864. The van der Waals surface area contributed by atoms with E-state index in [0.29, 0.717) is 6.04 Å². The molecule has 0 bridgehead atoms. The van der Waals surface area contributed by atoms with E-state index in [1.807, 2.05) is 19.2 Å². The molecule has 112 valence electrons. The number of hydrogen-bond acceptors (Lipinski definition) is 4. The first-order chi connectivity index (χ1) is 9.62. The van der Waals surface area contributed by atoms with E-state index in [2.05, 4.69) is 41.0 Å². The van der Waals surface area contributed by atoms with Crippen molar-refractivity contribution < 1.29 is 0 Å². The SMILES string of the molecule is CCC1CNC(CC)(CC)CN1Cc1ccnc(C)n1. The Hall–Kier alpha value is -1.00. The average Bonchev–Trinajstić information content (AvgIpc) is 2.47. The van der Waals surface area contributed by atoms with Crippen LogP contribution in [0.5, 0.6) is 0 Å². The summed E-state index contributed by atoms with van der Waals surface area (Å²) in [7, 11) is 0. The van der Waals surface area contributed by atoms with E-state index in [9.17, 15) is 0 Å². The van der Waals surface area contributed by atoms with Crippen molar-refractivity contribution in [3.63, 3.8) is 0 Å². The van der Waals surface area contributed by atoms with Gasteiger partial charge < -0.3 is 5.32 Å². The van der Waals surface area contributed by atoms with Gasteiger partial charge in [0.2, 0.25) is 0 Å². The molecule has 1 fully saturated rings. The molecule has 1 atom stereocenters. The molecule has 20 heavy (non-hydrogen) atoms. The van der Waals surface area contributed by atoms with Crippen LogP contribution in [0.15, 0.2) is 12.3 Å². The van der Waals surface area contributed by atoms with Crippen LogP contribution in [0.4, 0.5) is 0 Å². The highest BCUT2D eigenvalue weighted by atomic mass is 15.3. The first kappa shape index (κ1) is 15.4. The number of rotatable bonds is 5. The zero-order valence-electron chi connectivity index (χ0n) is 13.3. The quantitative estimate of drug-likeness (QED) is 0.897. The second kappa shape index (κ2) is 6.64. The topological polar surface area (TPSA) is 41.0 Å². The summed E-state index contributed by atoms with van der Waals surface area (Å²) in [6, 6.07) is 2.65. The number of nitrogens with one attached hydrogen (secondary N) is 1. The average molecular weight is 276 g/mol. The van der Waals surface area contributed by atoms with Crippen LogP contribution in [0.1, 0.15) is 51.6 Å². The highest BCUT2D eigenvalue weighted by Gasteiger charge is 2.35. The van der Waals surface area contributed by atoms with E-state index in [4.69, 9.17) is 0 Å². The third kappa shape index (κ3) is 3.36. The van der Waals surface area contributed by atoms with E-state index in [-0.39, 0.29) is 5.54 Å². The Morgan fingerprint density at radius 2 is 2.10 bits per heavy atom. The molecule has 2 heterocycles. The predicted molar refractivity (Wildman–Crippen MR) is 82.6 cm³/mol. The first-order valence-electron chi connectivity index (χ1n) is 7.90. The van der Waals surface area contributed by atoms with Gasteiger partial charge in [0.15, 0.2) is 0 Å². The van der Waals surface area contributed by atoms with Crippen molar-refractivity contribution in [2.24, 2.45) is 0 Å². The number of hydrogen-bond donors (Lipinski definition) is 1.